The lowest BCUT2D eigenvalue weighted by Crippen LogP contribution is -2.41. The maximum atomic E-state index is 11.0. The fourth-order valence-corrected chi connectivity index (χ4v) is 1.61. The van der Waals surface area contributed by atoms with Crippen molar-refractivity contribution in [2.24, 2.45) is 0 Å². The minimum Gasteiger partial charge on any atom is -0.480 e. The monoisotopic (exact) mass is 235 g/mol. The molecule has 6 heteroatoms. The molecule has 0 aliphatic heterocycles. The molecular weight excluding hydrogens is 218 g/mol. The Morgan fingerprint density at radius 3 is 2.60 bits per heavy atom. The summed E-state index contributed by atoms with van der Waals surface area (Å²) in [5, 5.41) is 11.1. The number of carbonyl (C=O) groups excluding carboxylic acids is 1. The van der Waals surface area contributed by atoms with Crippen LogP contribution in [0.15, 0.2) is 0 Å². The Morgan fingerprint density at radius 2 is 2.13 bits per heavy atom. The second kappa shape index (κ2) is 8.40. The van der Waals surface area contributed by atoms with E-state index < -0.39 is 18.1 Å². The molecule has 0 bridgehead atoms. The third-order valence-electron chi connectivity index (χ3n) is 1.62. The number of thioether (sulfide) groups is 1. The summed E-state index contributed by atoms with van der Waals surface area (Å²) < 4.78 is 4.61. The van der Waals surface area contributed by atoms with Crippen LogP contribution in [0.1, 0.15) is 20.3 Å². The Labute approximate surface area is 93.6 Å². The highest BCUT2D eigenvalue weighted by molar-refractivity contribution is 7.99. The van der Waals surface area contributed by atoms with Crippen molar-refractivity contribution in [3.63, 3.8) is 0 Å². The second-order valence-electron chi connectivity index (χ2n) is 2.74. The van der Waals surface area contributed by atoms with Gasteiger partial charge < -0.3 is 15.2 Å². The molecular formula is C9H17NO4S. The Morgan fingerprint density at radius 1 is 1.47 bits per heavy atom. The Balaban J connectivity index is 3.93. The average molecular weight is 235 g/mol. The van der Waals surface area contributed by atoms with Gasteiger partial charge in [0, 0.05) is 0 Å². The van der Waals surface area contributed by atoms with Crippen LogP contribution in [0.5, 0.6) is 0 Å². The molecule has 1 atom stereocenters. The van der Waals surface area contributed by atoms with Crippen molar-refractivity contribution < 1.29 is 19.4 Å². The lowest BCUT2D eigenvalue weighted by Gasteiger charge is -2.13. The van der Waals surface area contributed by atoms with Crippen molar-refractivity contribution in [3.8, 4) is 0 Å². The van der Waals surface area contributed by atoms with E-state index in [2.05, 4.69) is 10.1 Å². The highest BCUT2D eigenvalue weighted by atomic mass is 32.2. The number of aliphatic carboxylic acids is 1. The molecule has 2 N–H and O–H groups in total. The first-order chi connectivity index (χ1) is 7.11. The highest BCUT2D eigenvalue weighted by Crippen LogP contribution is 2.04. The van der Waals surface area contributed by atoms with E-state index in [0.717, 1.165) is 5.75 Å². The molecule has 0 rings (SSSR count). The van der Waals surface area contributed by atoms with Crippen LogP contribution in [-0.4, -0.2) is 41.3 Å². The van der Waals surface area contributed by atoms with E-state index in [1.165, 1.54) is 0 Å². The fraction of sp³-hybridized carbons (Fsp3) is 0.778. The van der Waals surface area contributed by atoms with Crippen molar-refractivity contribution in [1.29, 1.82) is 0 Å². The second-order valence-corrected chi connectivity index (χ2v) is 4.14. The summed E-state index contributed by atoms with van der Waals surface area (Å²) >= 11 is 1.64. The lowest BCUT2D eigenvalue weighted by atomic mass is 10.2. The topological polar surface area (TPSA) is 75.6 Å². The van der Waals surface area contributed by atoms with Crippen molar-refractivity contribution in [2.75, 3.05) is 18.1 Å². The summed E-state index contributed by atoms with van der Waals surface area (Å²) in [6.07, 6.45) is -0.265. The Bertz CT molecular complexity index is 210. The molecule has 1 amide bonds. The summed E-state index contributed by atoms with van der Waals surface area (Å²) in [7, 11) is 0. The van der Waals surface area contributed by atoms with Gasteiger partial charge in [-0.3, -0.25) is 0 Å². The fourth-order valence-electron chi connectivity index (χ4n) is 0.918. The number of hydrogen-bond donors (Lipinski definition) is 2. The number of rotatable bonds is 7. The number of amides is 1. The highest BCUT2D eigenvalue weighted by Gasteiger charge is 2.19. The van der Waals surface area contributed by atoms with Gasteiger partial charge in [0.1, 0.15) is 6.04 Å². The molecule has 15 heavy (non-hydrogen) atoms. The van der Waals surface area contributed by atoms with E-state index in [1.54, 1.807) is 18.7 Å². The van der Waals surface area contributed by atoms with Gasteiger partial charge >= 0.3 is 12.1 Å². The third kappa shape index (κ3) is 7.07. The molecule has 0 aromatic carbocycles. The first kappa shape index (κ1) is 14.1. The number of carbonyl (C=O) groups is 2. The number of carboxylic acid groups (broad SMARTS) is 1. The molecule has 0 aliphatic rings. The van der Waals surface area contributed by atoms with E-state index in [1.807, 2.05) is 6.92 Å². The van der Waals surface area contributed by atoms with E-state index in [9.17, 15) is 9.59 Å². The van der Waals surface area contributed by atoms with Crippen LogP contribution in [0, 0.1) is 0 Å². The average Bonchev–Trinajstić information content (AvgIpc) is 2.16. The molecule has 0 aromatic rings. The van der Waals surface area contributed by atoms with Gasteiger partial charge in [-0.15, -0.1) is 0 Å². The molecule has 0 saturated heterocycles. The molecule has 0 aliphatic carbocycles. The van der Waals surface area contributed by atoms with E-state index in [-0.39, 0.29) is 6.61 Å². The summed E-state index contributed by atoms with van der Waals surface area (Å²) in [4.78, 5) is 21.7. The minimum absolute atomic E-state index is 0.238. The van der Waals surface area contributed by atoms with Gasteiger partial charge in [0.25, 0.3) is 0 Å². The van der Waals surface area contributed by atoms with Crippen LogP contribution in [0.4, 0.5) is 4.79 Å². The van der Waals surface area contributed by atoms with E-state index in [0.29, 0.717) is 12.2 Å². The number of carboxylic acids is 1. The zero-order valence-electron chi connectivity index (χ0n) is 8.99. The van der Waals surface area contributed by atoms with Crippen LogP contribution in [0.2, 0.25) is 0 Å². The van der Waals surface area contributed by atoms with Gasteiger partial charge in [-0.05, 0) is 24.9 Å². The largest absolute Gasteiger partial charge is 0.480 e. The minimum atomic E-state index is -1.03. The molecule has 5 nitrogen and oxygen atoms in total. The predicted octanol–water partition coefficient (Wildman–Crippen LogP) is 1.33. The standard InChI is InChI=1S/C9H17NO4S/c1-3-14-9(13)10-7(8(11)12)5-6-15-4-2/h7H,3-6H2,1-2H3,(H,10,13)(H,11,12). The van der Waals surface area contributed by atoms with Gasteiger partial charge in [0.15, 0.2) is 0 Å². The molecule has 0 aromatic heterocycles. The summed E-state index contributed by atoms with van der Waals surface area (Å²) in [5.41, 5.74) is 0. The molecule has 0 fully saturated rings. The molecule has 88 valence electrons. The van der Waals surface area contributed by atoms with E-state index in [4.69, 9.17) is 5.11 Å². The molecule has 0 radical (unpaired) electrons. The Hall–Kier alpha value is -0.910. The van der Waals surface area contributed by atoms with Crippen molar-refractivity contribution in [1.82, 2.24) is 5.32 Å². The van der Waals surface area contributed by atoms with Crippen LogP contribution in [0.25, 0.3) is 0 Å². The van der Waals surface area contributed by atoms with E-state index >= 15 is 0 Å². The zero-order chi connectivity index (χ0) is 11.7. The van der Waals surface area contributed by atoms with Gasteiger partial charge in [-0.1, -0.05) is 6.92 Å². The first-order valence-electron chi connectivity index (χ1n) is 4.85. The van der Waals surface area contributed by atoms with Gasteiger partial charge in [0.05, 0.1) is 6.61 Å². The molecule has 0 spiro atoms. The molecule has 0 saturated carbocycles. The van der Waals surface area contributed by atoms with Crippen LogP contribution >= 0.6 is 11.8 Å². The van der Waals surface area contributed by atoms with Gasteiger partial charge in [-0.25, -0.2) is 9.59 Å². The predicted molar refractivity (Wildman–Crippen MR) is 59.2 cm³/mol. The maximum absolute atomic E-state index is 11.0. The summed E-state index contributed by atoms with van der Waals surface area (Å²) in [6.45, 7) is 3.91. The van der Waals surface area contributed by atoms with Crippen molar-refractivity contribution >= 4 is 23.8 Å². The molecule has 0 heterocycles. The zero-order valence-corrected chi connectivity index (χ0v) is 9.80. The van der Waals surface area contributed by atoms with Crippen LogP contribution in [-0.2, 0) is 9.53 Å². The van der Waals surface area contributed by atoms with Crippen LogP contribution in [0.3, 0.4) is 0 Å². The summed E-state index contributed by atoms with van der Waals surface area (Å²) in [5.74, 6) is 0.616. The number of nitrogens with one attached hydrogen (secondary N) is 1. The third-order valence-corrected chi connectivity index (χ3v) is 2.55. The normalized spacial score (nSPS) is 11.9. The Kier molecular flexibility index (Phi) is 7.89. The number of ether oxygens (including phenoxy) is 1. The smallest absolute Gasteiger partial charge is 0.407 e. The maximum Gasteiger partial charge on any atom is 0.407 e. The number of hydrogen-bond acceptors (Lipinski definition) is 4. The summed E-state index contributed by atoms with van der Waals surface area (Å²) in [6, 6.07) is -0.858. The molecule has 1 unspecified atom stereocenters. The van der Waals surface area contributed by atoms with Gasteiger partial charge in [0.2, 0.25) is 0 Å². The van der Waals surface area contributed by atoms with Gasteiger partial charge in [-0.2, -0.15) is 11.8 Å². The number of alkyl carbamates (subject to hydrolysis) is 1. The quantitative estimate of drug-likeness (QED) is 0.651. The first-order valence-corrected chi connectivity index (χ1v) is 6.01. The SMILES string of the molecule is CCOC(=O)NC(CCSCC)C(=O)O. The van der Waals surface area contributed by atoms with Crippen molar-refractivity contribution in [3.05, 3.63) is 0 Å². The van der Waals surface area contributed by atoms with Crippen LogP contribution < -0.4 is 5.32 Å². The lowest BCUT2D eigenvalue weighted by molar-refractivity contribution is -0.139. The van der Waals surface area contributed by atoms with Crippen molar-refractivity contribution in [2.45, 2.75) is 26.3 Å².